The highest BCUT2D eigenvalue weighted by Gasteiger charge is 2.27. The Morgan fingerprint density at radius 1 is 1.29 bits per heavy atom. The van der Waals surface area contributed by atoms with Gasteiger partial charge in [0.15, 0.2) is 0 Å². The predicted octanol–water partition coefficient (Wildman–Crippen LogP) is 1.13. The van der Waals surface area contributed by atoms with Gasteiger partial charge in [-0.15, -0.1) is 0 Å². The molecule has 0 spiro atoms. The van der Waals surface area contributed by atoms with Crippen molar-refractivity contribution in [1.29, 1.82) is 0 Å². The van der Waals surface area contributed by atoms with Crippen LogP contribution in [0.25, 0.3) is 0 Å². The topological polar surface area (TPSA) is 63.0 Å². The number of esters is 1. The molecule has 3 rings (SSSR count). The number of cyclic esters (lactones) is 1. The molecule has 0 bridgehead atoms. The number of amides is 1. The van der Waals surface area contributed by atoms with Crippen molar-refractivity contribution in [2.45, 2.75) is 25.4 Å². The summed E-state index contributed by atoms with van der Waals surface area (Å²) >= 11 is 0. The van der Waals surface area contributed by atoms with Crippen LogP contribution in [0.3, 0.4) is 0 Å². The van der Waals surface area contributed by atoms with Gasteiger partial charge in [0.2, 0.25) is 0 Å². The molecule has 6 heteroatoms. The standard InChI is InChI=1S/C15H20N2O4/c18-14-3-2-13(21-14)10-16-5-1-6-17(8-7-16)15(19)12-4-9-20-11-12/h4,9,11,13H,1-3,5-8,10H2/t13-/m0/s1. The second kappa shape index (κ2) is 6.30. The van der Waals surface area contributed by atoms with Crippen molar-refractivity contribution in [2.24, 2.45) is 0 Å². The zero-order valence-electron chi connectivity index (χ0n) is 12.0. The van der Waals surface area contributed by atoms with Crippen LogP contribution in [0.2, 0.25) is 0 Å². The van der Waals surface area contributed by atoms with Crippen LogP contribution in [-0.4, -0.2) is 60.5 Å². The second-order valence-electron chi connectivity index (χ2n) is 5.61. The number of nitrogens with zero attached hydrogens (tertiary/aromatic N) is 2. The lowest BCUT2D eigenvalue weighted by atomic mass is 10.2. The predicted molar refractivity (Wildman–Crippen MR) is 74.8 cm³/mol. The third-order valence-electron chi connectivity index (χ3n) is 4.07. The molecule has 1 aromatic heterocycles. The van der Waals surface area contributed by atoms with Crippen LogP contribution in [0.15, 0.2) is 23.0 Å². The fraction of sp³-hybridized carbons (Fsp3) is 0.600. The first kappa shape index (κ1) is 14.1. The molecular formula is C15H20N2O4. The van der Waals surface area contributed by atoms with Gasteiger partial charge in [-0.2, -0.15) is 0 Å². The van der Waals surface area contributed by atoms with Gasteiger partial charge in [-0.05, 0) is 18.9 Å². The smallest absolute Gasteiger partial charge is 0.306 e. The van der Waals surface area contributed by atoms with E-state index in [1.54, 1.807) is 6.07 Å². The molecule has 0 saturated carbocycles. The van der Waals surface area contributed by atoms with E-state index in [0.29, 0.717) is 18.5 Å². The average molecular weight is 292 g/mol. The van der Waals surface area contributed by atoms with E-state index in [-0.39, 0.29) is 18.0 Å². The van der Waals surface area contributed by atoms with E-state index in [4.69, 9.17) is 9.15 Å². The quantitative estimate of drug-likeness (QED) is 0.782. The molecule has 3 heterocycles. The third-order valence-corrected chi connectivity index (χ3v) is 4.07. The highest BCUT2D eigenvalue weighted by molar-refractivity contribution is 5.93. The van der Waals surface area contributed by atoms with E-state index in [1.165, 1.54) is 12.5 Å². The Balaban J connectivity index is 1.52. The van der Waals surface area contributed by atoms with Gasteiger partial charge in [-0.3, -0.25) is 14.5 Å². The summed E-state index contributed by atoms with van der Waals surface area (Å²) in [5.74, 6) is -0.0653. The minimum atomic E-state index is -0.0911. The second-order valence-corrected chi connectivity index (χ2v) is 5.61. The Bertz CT molecular complexity index is 500. The normalized spacial score (nSPS) is 23.9. The van der Waals surface area contributed by atoms with Crippen molar-refractivity contribution in [3.63, 3.8) is 0 Å². The molecule has 1 aromatic rings. The van der Waals surface area contributed by atoms with Gasteiger partial charge in [0, 0.05) is 39.1 Å². The Labute approximate surface area is 123 Å². The van der Waals surface area contributed by atoms with Crippen molar-refractivity contribution >= 4 is 11.9 Å². The third kappa shape index (κ3) is 3.44. The summed E-state index contributed by atoms with van der Waals surface area (Å²) in [4.78, 5) is 27.6. The summed E-state index contributed by atoms with van der Waals surface area (Å²) in [7, 11) is 0. The van der Waals surface area contributed by atoms with E-state index in [1.807, 2.05) is 4.90 Å². The van der Waals surface area contributed by atoms with E-state index in [9.17, 15) is 9.59 Å². The molecule has 0 aliphatic carbocycles. The lowest BCUT2D eigenvalue weighted by Gasteiger charge is -2.23. The van der Waals surface area contributed by atoms with Crippen molar-refractivity contribution < 1.29 is 18.7 Å². The number of ether oxygens (including phenoxy) is 1. The molecule has 0 aromatic carbocycles. The van der Waals surface area contributed by atoms with Crippen molar-refractivity contribution in [3.05, 3.63) is 24.2 Å². The largest absolute Gasteiger partial charge is 0.472 e. The minimum Gasteiger partial charge on any atom is -0.472 e. The van der Waals surface area contributed by atoms with Crippen molar-refractivity contribution in [3.8, 4) is 0 Å². The van der Waals surface area contributed by atoms with E-state index >= 15 is 0 Å². The number of furan rings is 1. The number of hydrogen-bond donors (Lipinski definition) is 0. The molecule has 0 N–H and O–H groups in total. The van der Waals surface area contributed by atoms with Crippen molar-refractivity contribution in [1.82, 2.24) is 9.80 Å². The van der Waals surface area contributed by atoms with E-state index < -0.39 is 0 Å². The molecular weight excluding hydrogens is 272 g/mol. The molecule has 2 fully saturated rings. The number of carbonyl (C=O) groups is 2. The maximum Gasteiger partial charge on any atom is 0.306 e. The first-order valence-electron chi connectivity index (χ1n) is 7.45. The van der Waals surface area contributed by atoms with Gasteiger partial charge < -0.3 is 14.1 Å². The SMILES string of the molecule is O=C1CC[C@@H](CN2CCCN(C(=O)c3ccoc3)CC2)O1. The van der Waals surface area contributed by atoms with Crippen LogP contribution in [0.5, 0.6) is 0 Å². The summed E-state index contributed by atoms with van der Waals surface area (Å²) in [6.45, 7) is 3.98. The molecule has 1 amide bonds. The highest BCUT2D eigenvalue weighted by atomic mass is 16.5. The summed E-state index contributed by atoms with van der Waals surface area (Å²) in [5, 5.41) is 0. The van der Waals surface area contributed by atoms with Crippen LogP contribution in [0.1, 0.15) is 29.6 Å². The maximum absolute atomic E-state index is 12.3. The maximum atomic E-state index is 12.3. The van der Waals surface area contributed by atoms with Gasteiger partial charge >= 0.3 is 5.97 Å². The molecule has 0 unspecified atom stereocenters. The number of rotatable bonds is 3. The van der Waals surface area contributed by atoms with Gasteiger partial charge in [-0.1, -0.05) is 0 Å². The van der Waals surface area contributed by atoms with Crippen LogP contribution < -0.4 is 0 Å². The monoisotopic (exact) mass is 292 g/mol. The fourth-order valence-corrected chi connectivity index (χ4v) is 2.92. The lowest BCUT2D eigenvalue weighted by molar-refractivity contribution is -0.141. The van der Waals surface area contributed by atoms with Gasteiger partial charge in [-0.25, -0.2) is 0 Å². The highest BCUT2D eigenvalue weighted by Crippen LogP contribution is 2.16. The fourth-order valence-electron chi connectivity index (χ4n) is 2.92. The summed E-state index contributed by atoms with van der Waals surface area (Å²) in [6, 6.07) is 1.70. The summed E-state index contributed by atoms with van der Waals surface area (Å²) in [6.07, 6.45) is 5.31. The van der Waals surface area contributed by atoms with Crippen molar-refractivity contribution in [2.75, 3.05) is 32.7 Å². The van der Waals surface area contributed by atoms with E-state index in [2.05, 4.69) is 4.90 Å². The van der Waals surface area contributed by atoms with Crippen LogP contribution in [0, 0.1) is 0 Å². The Morgan fingerprint density at radius 2 is 2.19 bits per heavy atom. The molecule has 2 saturated heterocycles. The minimum absolute atomic E-state index is 0.0219. The van der Waals surface area contributed by atoms with E-state index in [0.717, 1.165) is 39.0 Å². The number of hydrogen-bond acceptors (Lipinski definition) is 5. The molecule has 2 aliphatic heterocycles. The first-order valence-corrected chi connectivity index (χ1v) is 7.45. The molecule has 6 nitrogen and oxygen atoms in total. The van der Waals surface area contributed by atoms with Gasteiger partial charge in [0.1, 0.15) is 12.4 Å². The first-order chi connectivity index (χ1) is 10.2. The number of carbonyl (C=O) groups excluding carboxylic acids is 2. The van der Waals surface area contributed by atoms with Crippen LogP contribution >= 0.6 is 0 Å². The summed E-state index contributed by atoms with van der Waals surface area (Å²) < 4.78 is 10.2. The zero-order chi connectivity index (χ0) is 14.7. The van der Waals surface area contributed by atoms with Gasteiger partial charge in [0.05, 0.1) is 11.8 Å². The van der Waals surface area contributed by atoms with Gasteiger partial charge in [0.25, 0.3) is 5.91 Å². The van der Waals surface area contributed by atoms with Crippen LogP contribution in [0.4, 0.5) is 0 Å². The zero-order valence-corrected chi connectivity index (χ0v) is 12.0. The molecule has 0 radical (unpaired) electrons. The summed E-state index contributed by atoms with van der Waals surface area (Å²) in [5.41, 5.74) is 0.605. The Hall–Kier alpha value is -1.82. The molecule has 21 heavy (non-hydrogen) atoms. The Morgan fingerprint density at radius 3 is 2.90 bits per heavy atom. The lowest BCUT2D eigenvalue weighted by Crippen LogP contribution is -2.37. The Kier molecular flexibility index (Phi) is 4.24. The average Bonchev–Trinajstić information content (AvgIpc) is 3.08. The molecule has 114 valence electrons. The molecule has 1 atom stereocenters. The molecule has 2 aliphatic rings. The van der Waals surface area contributed by atoms with Crippen LogP contribution in [-0.2, 0) is 9.53 Å².